The highest BCUT2D eigenvalue weighted by molar-refractivity contribution is 14.1. The van der Waals surface area contributed by atoms with E-state index in [9.17, 15) is 0 Å². The second-order valence-corrected chi connectivity index (χ2v) is 14.3. The van der Waals surface area contributed by atoms with Crippen LogP contribution in [0.3, 0.4) is 0 Å². The van der Waals surface area contributed by atoms with Crippen LogP contribution in [0.5, 0.6) is 0 Å². The molecule has 7 heteroatoms. The molecule has 224 valence electrons. The van der Waals surface area contributed by atoms with Crippen molar-refractivity contribution in [1.29, 1.82) is 0 Å². The monoisotopic (exact) mass is 656 g/mol. The average molecular weight is 657 g/mol. The molecule has 6 nitrogen and oxygen atoms in total. The van der Waals surface area contributed by atoms with Gasteiger partial charge in [0.05, 0.1) is 24.5 Å². The van der Waals surface area contributed by atoms with Gasteiger partial charge in [0.15, 0.2) is 0 Å². The van der Waals surface area contributed by atoms with E-state index in [2.05, 4.69) is 98.3 Å². The highest BCUT2D eigenvalue weighted by Crippen LogP contribution is 2.25. The summed E-state index contributed by atoms with van der Waals surface area (Å²) in [5.74, 6) is 1.15. The first kappa shape index (κ1) is 33.1. The third-order valence-corrected chi connectivity index (χ3v) is 9.67. The summed E-state index contributed by atoms with van der Waals surface area (Å²) >= 11 is 2.41. The molecule has 2 heterocycles. The summed E-state index contributed by atoms with van der Waals surface area (Å²) in [5, 5.41) is 11.1. The highest BCUT2D eigenvalue weighted by Gasteiger charge is 2.31. The Morgan fingerprint density at radius 1 is 1.15 bits per heavy atom. The van der Waals surface area contributed by atoms with Crippen molar-refractivity contribution < 1.29 is 9.47 Å². The second kappa shape index (κ2) is 16.3. The maximum atomic E-state index is 6.54. The Morgan fingerprint density at radius 2 is 1.95 bits per heavy atom. The molecule has 2 aliphatic rings. The molecular formula is C32H57IN4O2. The van der Waals surface area contributed by atoms with E-state index in [4.69, 9.17) is 15.2 Å². The SMILES string of the molecule is Cc1cccc(I)c1NC[C@@H](C)CCC(N)CC(C)O[C@H](C)[C@@H]1CCC(CC(C)COC[C@]2(C)CCCN2)N1. The molecule has 2 saturated heterocycles. The van der Waals surface area contributed by atoms with E-state index in [-0.39, 0.29) is 23.8 Å². The molecule has 5 N–H and O–H groups in total. The predicted octanol–water partition coefficient (Wildman–Crippen LogP) is 6.24. The number of para-hydroxylation sites is 1. The van der Waals surface area contributed by atoms with Crippen LogP contribution in [0.2, 0.25) is 0 Å². The normalized spacial score (nSPS) is 27.3. The smallest absolute Gasteiger partial charge is 0.0703 e. The van der Waals surface area contributed by atoms with Gasteiger partial charge in [-0.15, -0.1) is 0 Å². The number of ether oxygens (including phenoxy) is 2. The van der Waals surface area contributed by atoms with Crippen molar-refractivity contribution in [3.8, 4) is 0 Å². The fourth-order valence-electron chi connectivity index (χ4n) is 6.32. The number of rotatable bonds is 17. The van der Waals surface area contributed by atoms with Crippen molar-refractivity contribution in [2.75, 3.05) is 31.6 Å². The summed E-state index contributed by atoms with van der Waals surface area (Å²) < 4.78 is 13.8. The van der Waals surface area contributed by atoms with Gasteiger partial charge in [-0.05, 0) is 132 Å². The molecule has 0 radical (unpaired) electrons. The second-order valence-electron chi connectivity index (χ2n) is 13.1. The Balaban J connectivity index is 1.27. The van der Waals surface area contributed by atoms with Crippen LogP contribution in [-0.2, 0) is 9.47 Å². The molecule has 1 aromatic rings. The number of aryl methyl sites for hydroxylation is 1. The summed E-state index contributed by atoms with van der Waals surface area (Å²) in [6, 6.07) is 7.62. The molecule has 0 amide bonds. The summed E-state index contributed by atoms with van der Waals surface area (Å²) in [7, 11) is 0. The Bertz CT molecular complexity index is 829. The molecule has 0 aromatic heterocycles. The fraction of sp³-hybridized carbons (Fsp3) is 0.812. The molecule has 0 saturated carbocycles. The number of halogens is 1. The maximum absolute atomic E-state index is 6.54. The van der Waals surface area contributed by atoms with E-state index >= 15 is 0 Å². The van der Waals surface area contributed by atoms with Gasteiger partial charge < -0.3 is 31.2 Å². The van der Waals surface area contributed by atoms with E-state index in [0.717, 1.165) is 45.6 Å². The van der Waals surface area contributed by atoms with Crippen LogP contribution in [0.25, 0.3) is 0 Å². The number of nitrogens with two attached hydrogens (primary N) is 1. The summed E-state index contributed by atoms with van der Waals surface area (Å²) in [5.41, 5.74) is 9.29. The van der Waals surface area contributed by atoms with Gasteiger partial charge >= 0.3 is 0 Å². The van der Waals surface area contributed by atoms with E-state index in [1.165, 1.54) is 46.9 Å². The van der Waals surface area contributed by atoms with Gasteiger partial charge in [0.1, 0.15) is 0 Å². The van der Waals surface area contributed by atoms with Gasteiger partial charge in [-0.1, -0.05) is 26.0 Å². The van der Waals surface area contributed by atoms with Crippen molar-refractivity contribution in [1.82, 2.24) is 10.6 Å². The maximum Gasteiger partial charge on any atom is 0.0703 e. The van der Waals surface area contributed by atoms with Crippen LogP contribution in [-0.4, -0.2) is 62.2 Å². The standard InChI is InChI=1S/C32H57IN4O2/c1-22(19-35-31-24(3)9-7-10-29(31)33)11-12-27(34)18-25(4)39-26(5)30-14-13-28(37-30)17-23(2)20-38-21-32(6)15-8-16-36-32/h7,9-10,22-23,25-28,30,35-37H,8,11-21,34H2,1-6H3/t22-,23?,25?,26+,27?,28?,30-,32-/m0/s1. The third-order valence-electron chi connectivity index (χ3n) is 8.77. The topological polar surface area (TPSA) is 80.6 Å². The van der Waals surface area contributed by atoms with Gasteiger partial charge in [0, 0.05) is 40.4 Å². The van der Waals surface area contributed by atoms with E-state index < -0.39 is 0 Å². The lowest BCUT2D eigenvalue weighted by Gasteiger charge is -2.28. The fourth-order valence-corrected chi connectivity index (χ4v) is 7.14. The van der Waals surface area contributed by atoms with Crippen LogP contribution in [0.15, 0.2) is 18.2 Å². The van der Waals surface area contributed by atoms with Crippen molar-refractivity contribution >= 4 is 28.3 Å². The Kier molecular flexibility index (Phi) is 13.8. The molecule has 2 fully saturated rings. The number of anilines is 1. The number of benzene rings is 1. The van der Waals surface area contributed by atoms with Crippen LogP contribution < -0.4 is 21.7 Å². The zero-order chi connectivity index (χ0) is 28.4. The molecule has 8 atom stereocenters. The zero-order valence-electron chi connectivity index (χ0n) is 25.5. The van der Waals surface area contributed by atoms with Crippen molar-refractivity contribution in [2.24, 2.45) is 17.6 Å². The van der Waals surface area contributed by atoms with E-state index in [0.29, 0.717) is 23.9 Å². The Morgan fingerprint density at radius 3 is 2.67 bits per heavy atom. The molecule has 0 bridgehead atoms. The summed E-state index contributed by atoms with van der Waals surface area (Å²) in [4.78, 5) is 0. The lowest BCUT2D eigenvalue weighted by Crippen LogP contribution is -2.42. The third kappa shape index (κ3) is 11.4. The van der Waals surface area contributed by atoms with Gasteiger partial charge in [-0.2, -0.15) is 0 Å². The molecule has 2 aliphatic heterocycles. The largest absolute Gasteiger partial charge is 0.384 e. The van der Waals surface area contributed by atoms with Crippen LogP contribution in [0.1, 0.15) is 91.5 Å². The minimum absolute atomic E-state index is 0.177. The molecule has 3 rings (SSSR count). The van der Waals surface area contributed by atoms with Crippen LogP contribution >= 0.6 is 22.6 Å². The highest BCUT2D eigenvalue weighted by atomic mass is 127. The summed E-state index contributed by atoms with van der Waals surface area (Å²) in [6.45, 7) is 17.3. The minimum Gasteiger partial charge on any atom is -0.384 e. The zero-order valence-corrected chi connectivity index (χ0v) is 27.7. The molecule has 1 aromatic carbocycles. The number of nitrogens with one attached hydrogen (secondary N) is 3. The van der Waals surface area contributed by atoms with Crippen LogP contribution in [0.4, 0.5) is 5.69 Å². The van der Waals surface area contributed by atoms with Gasteiger partial charge in [-0.25, -0.2) is 0 Å². The first-order valence-electron chi connectivity index (χ1n) is 15.5. The van der Waals surface area contributed by atoms with Gasteiger partial charge in [-0.3, -0.25) is 0 Å². The van der Waals surface area contributed by atoms with Crippen molar-refractivity contribution in [3.05, 3.63) is 27.3 Å². The first-order valence-corrected chi connectivity index (χ1v) is 16.6. The van der Waals surface area contributed by atoms with Gasteiger partial charge in [0.2, 0.25) is 0 Å². The number of hydrogen-bond acceptors (Lipinski definition) is 6. The molecule has 4 unspecified atom stereocenters. The van der Waals surface area contributed by atoms with E-state index in [1.807, 2.05) is 0 Å². The molecule has 0 aliphatic carbocycles. The molecular weight excluding hydrogens is 599 g/mol. The predicted molar refractivity (Wildman–Crippen MR) is 174 cm³/mol. The average Bonchev–Trinajstić information content (AvgIpc) is 3.51. The summed E-state index contributed by atoms with van der Waals surface area (Å²) in [6.07, 6.45) is 9.53. The molecule has 0 spiro atoms. The molecule has 39 heavy (non-hydrogen) atoms. The van der Waals surface area contributed by atoms with Crippen molar-refractivity contribution in [2.45, 2.75) is 129 Å². The Hall–Kier alpha value is -0.450. The minimum atomic E-state index is 0.177. The lowest BCUT2D eigenvalue weighted by molar-refractivity contribution is -0.0166. The Labute approximate surface area is 252 Å². The van der Waals surface area contributed by atoms with Crippen LogP contribution in [0, 0.1) is 22.3 Å². The number of hydrogen-bond donors (Lipinski definition) is 4. The van der Waals surface area contributed by atoms with E-state index in [1.54, 1.807) is 0 Å². The lowest BCUT2D eigenvalue weighted by atomic mass is 9.98. The first-order chi connectivity index (χ1) is 18.5. The quantitative estimate of drug-likeness (QED) is 0.149. The van der Waals surface area contributed by atoms with Gasteiger partial charge in [0.25, 0.3) is 0 Å². The van der Waals surface area contributed by atoms with Crippen molar-refractivity contribution in [3.63, 3.8) is 0 Å².